The van der Waals surface area contributed by atoms with Crippen LogP contribution in [0.3, 0.4) is 0 Å². The number of alkyl carbamates (subject to hydrolysis) is 1. The van der Waals surface area contributed by atoms with Crippen molar-refractivity contribution in [1.82, 2.24) is 20.1 Å². The molecule has 27 heavy (non-hydrogen) atoms. The number of thioether (sulfide) groups is 1. The lowest BCUT2D eigenvalue weighted by Crippen LogP contribution is -2.30. The van der Waals surface area contributed by atoms with Gasteiger partial charge in [0.25, 0.3) is 0 Å². The maximum Gasteiger partial charge on any atom is 0.422 e. The van der Waals surface area contributed by atoms with Crippen molar-refractivity contribution in [3.8, 4) is 0 Å². The van der Waals surface area contributed by atoms with Gasteiger partial charge in [-0.3, -0.25) is 0 Å². The van der Waals surface area contributed by atoms with Crippen LogP contribution in [0.4, 0.5) is 18.0 Å². The topological polar surface area (TPSA) is 69.0 Å². The van der Waals surface area contributed by atoms with Gasteiger partial charge >= 0.3 is 12.3 Å². The number of alkyl halides is 3. The van der Waals surface area contributed by atoms with Gasteiger partial charge in [0.05, 0.1) is 6.54 Å². The molecule has 0 spiro atoms. The number of carbonyl (C=O) groups is 1. The van der Waals surface area contributed by atoms with Gasteiger partial charge in [-0.1, -0.05) is 42.1 Å². The summed E-state index contributed by atoms with van der Waals surface area (Å²) >= 11 is 1.39. The van der Waals surface area contributed by atoms with Gasteiger partial charge in [-0.2, -0.15) is 13.2 Å². The Kier molecular flexibility index (Phi) is 6.25. The molecule has 3 rings (SSSR count). The van der Waals surface area contributed by atoms with E-state index in [4.69, 9.17) is 0 Å². The zero-order valence-electron chi connectivity index (χ0n) is 14.4. The van der Waals surface area contributed by atoms with Crippen molar-refractivity contribution in [1.29, 1.82) is 0 Å². The molecule has 1 aromatic heterocycles. The van der Waals surface area contributed by atoms with Crippen molar-refractivity contribution >= 4 is 17.9 Å². The van der Waals surface area contributed by atoms with Crippen LogP contribution in [-0.4, -0.2) is 45.9 Å². The average Bonchev–Trinajstić information content (AvgIpc) is 3.40. The Morgan fingerprint density at radius 3 is 2.67 bits per heavy atom. The zero-order valence-corrected chi connectivity index (χ0v) is 15.2. The van der Waals surface area contributed by atoms with Crippen molar-refractivity contribution in [2.75, 3.05) is 18.9 Å². The van der Waals surface area contributed by atoms with Crippen LogP contribution in [0, 0.1) is 0 Å². The molecule has 1 aliphatic carbocycles. The van der Waals surface area contributed by atoms with Gasteiger partial charge in [0.2, 0.25) is 0 Å². The molecule has 0 unspecified atom stereocenters. The second-order valence-corrected chi connectivity index (χ2v) is 7.22. The van der Waals surface area contributed by atoms with Gasteiger partial charge in [0, 0.05) is 18.2 Å². The predicted octanol–water partition coefficient (Wildman–Crippen LogP) is 3.58. The molecule has 1 aliphatic rings. The number of ether oxygens (including phenoxy) is 1. The fourth-order valence-corrected chi connectivity index (χ4v) is 3.26. The first kappa shape index (κ1) is 19.5. The van der Waals surface area contributed by atoms with Crippen molar-refractivity contribution in [3.05, 3.63) is 41.7 Å². The summed E-state index contributed by atoms with van der Waals surface area (Å²) in [5, 5.41) is 11.6. The monoisotopic (exact) mass is 400 g/mol. The quantitative estimate of drug-likeness (QED) is 0.542. The molecule has 146 valence electrons. The minimum Gasteiger partial charge on any atom is -0.440 e. The van der Waals surface area contributed by atoms with Crippen LogP contribution in [0.1, 0.15) is 30.1 Å². The summed E-state index contributed by atoms with van der Waals surface area (Å²) < 4.78 is 42.1. The normalized spacial score (nSPS) is 14.2. The molecule has 0 bridgehead atoms. The summed E-state index contributed by atoms with van der Waals surface area (Å²) in [6, 6.07) is 9.96. The lowest BCUT2D eigenvalue weighted by molar-refractivity contribution is -0.160. The van der Waals surface area contributed by atoms with E-state index < -0.39 is 18.9 Å². The van der Waals surface area contributed by atoms with E-state index in [1.807, 2.05) is 30.3 Å². The van der Waals surface area contributed by atoms with E-state index in [0.717, 1.165) is 29.4 Å². The average molecular weight is 400 g/mol. The zero-order chi connectivity index (χ0) is 19.3. The molecule has 0 radical (unpaired) electrons. The smallest absolute Gasteiger partial charge is 0.422 e. The Morgan fingerprint density at radius 1 is 1.26 bits per heavy atom. The number of halogens is 3. The third kappa shape index (κ3) is 6.16. The molecule has 1 aromatic carbocycles. The van der Waals surface area contributed by atoms with Crippen LogP contribution in [0.5, 0.6) is 0 Å². The van der Waals surface area contributed by atoms with Gasteiger partial charge in [0.1, 0.15) is 5.82 Å². The molecule has 1 N–H and O–H groups in total. The van der Waals surface area contributed by atoms with Crippen LogP contribution in [0.2, 0.25) is 0 Å². The minimum absolute atomic E-state index is 0.165. The summed E-state index contributed by atoms with van der Waals surface area (Å²) in [6.07, 6.45) is -3.41. The van der Waals surface area contributed by atoms with E-state index >= 15 is 0 Å². The van der Waals surface area contributed by atoms with Crippen LogP contribution >= 0.6 is 11.8 Å². The molecule has 1 heterocycles. The lowest BCUT2D eigenvalue weighted by atomic mass is 10.2. The van der Waals surface area contributed by atoms with Crippen molar-refractivity contribution < 1.29 is 22.7 Å². The second-order valence-electron chi connectivity index (χ2n) is 6.15. The Hall–Kier alpha value is -2.23. The fourth-order valence-electron chi connectivity index (χ4n) is 2.46. The molecule has 2 aromatic rings. The summed E-state index contributed by atoms with van der Waals surface area (Å²) in [5.41, 5.74) is 1.13. The molecule has 0 saturated heterocycles. The highest BCUT2D eigenvalue weighted by molar-refractivity contribution is 7.99. The van der Waals surface area contributed by atoms with Gasteiger partial charge < -0.3 is 14.6 Å². The van der Waals surface area contributed by atoms with Gasteiger partial charge in [-0.25, -0.2) is 4.79 Å². The lowest BCUT2D eigenvalue weighted by Gasteiger charge is -2.11. The molecule has 0 atom stereocenters. The summed E-state index contributed by atoms with van der Waals surface area (Å²) in [4.78, 5) is 11.2. The minimum atomic E-state index is -4.53. The van der Waals surface area contributed by atoms with Crippen molar-refractivity contribution in [2.45, 2.75) is 36.6 Å². The Labute approximate surface area is 158 Å². The Bertz CT molecular complexity index is 763. The highest BCUT2D eigenvalue weighted by Crippen LogP contribution is 2.40. The predicted molar refractivity (Wildman–Crippen MR) is 93.7 cm³/mol. The molecule has 1 saturated carbocycles. The van der Waals surface area contributed by atoms with Gasteiger partial charge in [-0.05, 0) is 18.4 Å². The van der Waals surface area contributed by atoms with E-state index in [1.54, 1.807) is 0 Å². The maximum absolute atomic E-state index is 12.0. The highest BCUT2D eigenvalue weighted by atomic mass is 32.2. The standard InChI is InChI=1S/C17H19F3N4O2S/c18-17(19,20)11-26-16(25)21-8-9-27-15-23-22-14(13-6-7-13)24(15)10-12-4-2-1-3-5-12/h1-5,13H,6-11H2,(H,21,25). The number of carbonyl (C=O) groups excluding carboxylic acids is 1. The largest absolute Gasteiger partial charge is 0.440 e. The molecule has 1 fully saturated rings. The number of aromatic nitrogens is 3. The van der Waals surface area contributed by atoms with Gasteiger partial charge in [0.15, 0.2) is 11.8 Å². The molecular formula is C17H19F3N4O2S. The first-order valence-corrected chi connectivity index (χ1v) is 9.48. The third-order valence-corrected chi connectivity index (χ3v) is 4.81. The molecule has 1 amide bonds. The van der Waals surface area contributed by atoms with Crippen LogP contribution in [0.25, 0.3) is 0 Å². The van der Waals surface area contributed by atoms with Crippen molar-refractivity contribution in [3.63, 3.8) is 0 Å². The number of hydrogen-bond donors (Lipinski definition) is 1. The van der Waals surface area contributed by atoms with E-state index in [2.05, 4.69) is 24.8 Å². The first-order chi connectivity index (χ1) is 12.9. The first-order valence-electron chi connectivity index (χ1n) is 8.49. The van der Waals surface area contributed by atoms with Crippen LogP contribution < -0.4 is 5.32 Å². The van der Waals surface area contributed by atoms with Crippen molar-refractivity contribution in [2.24, 2.45) is 0 Å². The highest BCUT2D eigenvalue weighted by Gasteiger charge is 2.31. The van der Waals surface area contributed by atoms with Gasteiger partial charge in [-0.15, -0.1) is 10.2 Å². The number of hydrogen-bond acceptors (Lipinski definition) is 5. The molecule has 6 nitrogen and oxygen atoms in total. The number of amides is 1. The maximum atomic E-state index is 12.0. The van der Waals surface area contributed by atoms with E-state index in [0.29, 0.717) is 18.2 Å². The van der Waals surface area contributed by atoms with E-state index in [1.165, 1.54) is 11.8 Å². The summed E-state index contributed by atoms with van der Waals surface area (Å²) in [7, 11) is 0. The molecule has 0 aliphatic heterocycles. The number of nitrogens with zero attached hydrogens (tertiary/aromatic N) is 3. The third-order valence-electron chi connectivity index (χ3n) is 3.84. The fraction of sp³-hybridized carbons (Fsp3) is 0.471. The summed E-state index contributed by atoms with van der Waals surface area (Å²) in [5.74, 6) is 1.84. The SMILES string of the molecule is O=C(NCCSc1nnc(C2CC2)n1Cc1ccccc1)OCC(F)(F)F. The Morgan fingerprint density at radius 2 is 2.00 bits per heavy atom. The van der Waals surface area contributed by atoms with Crippen LogP contribution in [0.15, 0.2) is 35.5 Å². The molecule has 10 heteroatoms. The van der Waals surface area contributed by atoms with Crippen LogP contribution in [-0.2, 0) is 11.3 Å². The second kappa shape index (κ2) is 8.64. The summed E-state index contributed by atoms with van der Waals surface area (Å²) in [6.45, 7) is -0.774. The number of rotatable bonds is 8. The Balaban J connectivity index is 1.52. The van der Waals surface area contributed by atoms with E-state index in [-0.39, 0.29) is 6.54 Å². The number of benzene rings is 1. The molecular weight excluding hydrogens is 381 g/mol. The number of nitrogens with one attached hydrogen (secondary N) is 1. The van der Waals surface area contributed by atoms with E-state index in [9.17, 15) is 18.0 Å².